The maximum absolute atomic E-state index is 3.52. The molecule has 1 fully saturated rings. The fourth-order valence-electron chi connectivity index (χ4n) is 3.26. The van der Waals surface area contributed by atoms with Crippen LogP contribution in [0.2, 0.25) is 0 Å². The molecule has 1 N–H and O–H groups in total. The Hall–Kier alpha value is -0.860. The second-order valence-electron chi connectivity index (χ2n) is 5.89. The molecule has 0 aromatic heterocycles. The standard InChI is InChI=1S/C17H28N2/c1-4-16(19(3)13-14-9-8-10-14)17(18-2)15-11-6-5-7-12-15/h5-7,11-12,14,16-18H,4,8-10,13H2,1-3H3. The van der Waals surface area contributed by atoms with Crippen LogP contribution in [-0.2, 0) is 0 Å². The van der Waals surface area contributed by atoms with Crippen LogP contribution < -0.4 is 5.32 Å². The maximum Gasteiger partial charge on any atom is 0.0475 e. The number of nitrogens with one attached hydrogen (secondary N) is 1. The van der Waals surface area contributed by atoms with Crippen molar-refractivity contribution in [2.45, 2.75) is 44.7 Å². The summed E-state index contributed by atoms with van der Waals surface area (Å²) in [5, 5.41) is 3.52. The van der Waals surface area contributed by atoms with Gasteiger partial charge in [-0.15, -0.1) is 0 Å². The average Bonchev–Trinajstić information content (AvgIpc) is 2.40. The van der Waals surface area contributed by atoms with Crippen LogP contribution in [0.4, 0.5) is 0 Å². The summed E-state index contributed by atoms with van der Waals surface area (Å²) >= 11 is 0. The summed E-state index contributed by atoms with van der Waals surface area (Å²) < 4.78 is 0. The number of hydrogen-bond donors (Lipinski definition) is 1. The van der Waals surface area contributed by atoms with Gasteiger partial charge in [0, 0.05) is 18.6 Å². The lowest BCUT2D eigenvalue weighted by Crippen LogP contribution is -2.44. The fraction of sp³-hybridized carbons (Fsp3) is 0.647. The Morgan fingerprint density at radius 1 is 1.26 bits per heavy atom. The van der Waals surface area contributed by atoms with Crippen molar-refractivity contribution in [3.8, 4) is 0 Å². The number of likely N-dealkylation sites (N-methyl/N-ethyl adjacent to an activating group) is 2. The Balaban J connectivity index is 2.04. The van der Waals surface area contributed by atoms with Gasteiger partial charge < -0.3 is 10.2 Å². The first-order valence-corrected chi connectivity index (χ1v) is 7.68. The van der Waals surface area contributed by atoms with Crippen LogP contribution in [0.15, 0.2) is 30.3 Å². The van der Waals surface area contributed by atoms with Gasteiger partial charge in [-0.25, -0.2) is 0 Å². The van der Waals surface area contributed by atoms with Crippen molar-refractivity contribution in [3.05, 3.63) is 35.9 Å². The van der Waals surface area contributed by atoms with Crippen molar-refractivity contribution in [3.63, 3.8) is 0 Å². The van der Waals surface area contributed by atoms with E-state index in [-0.39, 0.29) is 0 Å². The highest BCUT2D eigenvalue weighted by molar-refractivity contribution is 5.20. The van der Waals surface area contributed by atoms with E-state index in [1.54, 1.807) is 0 Å². The van der Waals surface area contributed by atoms with E-state index in [1.807, 2.05) is 0 Å². The summed E-state index contributed by atoms with van der Waals surface area (Å²) in [4.78, 5) is 2.57. The van der Waals surface area contributed by atoms with E-state index in [9.17, 15) is 0 Å². The lowest BCUT2D eigenvalue weighted by molar-refractivity contribution is 0.134. The van der Waals surface area contributed by atoms with Gasteiger partial charge in [0.1, 0.15) is 0 Å². The normalized spacial score (nSPS) is 19.2. The Morgan fingerprint density at radius 2 is 1.95 bits per heavy atom. The Morgan fingerprint density at radius 3 is 2.42 bits per heavy atom. The van der Waals surface area contributed by atoms with Crippen LogP contribution in [0.3, 0.4) is 0 Å². The molecular formula is C17H28N2. The van der Waals surface area contributed by atoms with Gasteiger partial charge >= 0.3 is 0 Å². The maximum atomic E-state index is 3.52. The van der Waals surface area contributed by atoms with Gasteiger partial charge in [0.25, 0.3) is 0 Å². The smallest absolute Gasteiger partial charge is 0.0475 e. The Bertz CT molecular complexity index is 359. The van der Waals surface area contributed by atoms with Crippen molar-refractivity contribution in [2.75, 3.05) is 20.6 Å². The molecule has 0 spiro atoms. The summed E-state index contributed by atoms with van der Waals surface area (Å²) in [6.07, 6.45) is 5.47. The van der Waals surface area contributed by atoms with Crippen LogP contribution in [-0.4, -0.2) is 31.6 Å². The molecule has 0 heterocycles. The molecule has 2 heteroatoms. The molecule has 1 aromatic carbocycles. The van der Waals surface area contributed by atoms with Crippen LogP contribution in [0.1, 0.15) is 44.2 Å². The van der Waals surface area contributed by atoms with Crippen LogP contribution in [0.5, 0.6) is 0 Å². The largest absolute Gasteiger partial charge is 0.312 e. The van der Waals surface area contributed by atoms with Gasteiger partial charge in [-0.05, 0) is 44.8 Å². The second-order valence-corrected chi connectivity index (χ2v) is 5.89. The van der Waals surface area contributed by atoms with Gasteiger partial charge in [-0.3, -0.25) is 0 Å². The highest BCUT2D eigenvalue weighted by atomic mass is 15.2. The monoisotopic (exact) mass is 260 g/mol. The van der Waals surface area contributed by atoms with E-state index in [4.69, 9.17) is 0 Å². The van der Waals surface area contributed by atoms with E-state index in [2.05, 4.69) is 61.6 Å². The highest BCUT2D eigenvalue weighted by Gasteiger charge is 2.27. The predicted octanol–water partition coefficient (Wildman–Crippen LogP) is 3.46. The Kier molecular flexibility index (Phi) is 5.41. The minimum Gasteiger partial charge on any atom is -0.312 e. The first-order chi connectivity index (χ1) is 9.26. The number of rotatable bonds is 7. The van der Waals surface area contributed by atoms with E-state index >= 15 is 0 Å². The molecule has 0 amide bonds. The molecule has 2 atom stereocenters. The van der Waals surface area contributed by atoms with Crippen LogP contribution in [0.25, 0.3) is 0 Å². The molecule has 106 valence electrons. The first kappa shape index (κ1) is 14.5. The van der Waals surface area contributed by atoms with Gasteiger partial charge in [-0.2, -0.15) is 0 Å². The second kappa shape index (κ2) is 7.06. The third kappa shape index (κ3) is 3.58. The number of benzene rings is 1. The molecule has 1 aliphatic carbocycles. The summed E-state index contributed by atoms with van der Waals surface area (Å²) in [5.41, 5.74) is 1.40. The molecule has 19 heavy (non-hydrogen) atoms. The van der Waals surface area contributed by atoms with Crippen molar-refractivity contribution in [1.29, 1.82) is 0 Å². The number of nitrogens with zero attached hydrogens (tertiary/aromatic N) is 1. The average molecular weight is 260 g/mol. The minimum absolute atomic E-state index is 0.427. The highest BCUT2D eigenvalue weighted by Crippen LogP contribution is 2.29. The predicted molar refractivity (Wildman–Crippen MR) is 82.3 cm³/mol. The lowest BCUT2D eigenvalue weighted by Gasteiger charge is -2.38. The third-order valence-corrected chi connectivity index (χ3v) is 4.61. The van der Waals surface area contributed by atoms with Crippen molar-refractivity contribution >= 4 is 0 Å². The molecular weight excluding hydrogens is 232 g/mol. The van der Waals surface area contributed by atoms with Gasteiger partial charge in [-0.1, -0.05) is 43.7 Å². The minimum atomic E-state index is 0.427. The molecule has 2 rings (SSSR count). The molecule has 0 radical (unpaired) electrons. The molecule has 0 aliphatic heterocycles. The quantitative estimate of drug-likeness (QED) is 0.807. The lowest BCUT2D eigenvalue weighted by atomic mass is 9.84. The SMILES string of the molecule is CCC(C(NC)c1ccccc1)N(C)CC1CCC1. The molecule has 1 aromatic rings. The molecule has 0 bridgehead atoms. The summed E-state index contributed by atoms with van der Waals surface area (Å²) in [5.74, 6) is 0.937. The first-order valence-electron chi connectivity index (χ1n) is 7.68. The van der Waals surface area contributed by atoms with Gasteiger partial charge in [0.05, 0.1) is 0 Å². The fourth-order valence-corrected chi connectivity index (χ4v) is 3.26. The molecule has 1 aliphatic rings. The van der Waals surface area contributed by atoms with Crippen LogP contribution in [0, 0.1) is 5.92 Å². The molecule has 1 saturated carbocycles. The van der Waals surface area contributed by atoms with E-state index < -0.39 is 0 Å². The zero-order valence-electron chi connectivity index (χ0n) is 12.6. The zero-order chi connectivity index (χ0) is 13.7. The van der Waals surface area contributed by atoms with E-state index in [1.165, 1.54) is 37.8 Å². The van der Waals surface area contributed by atoms with E-state index in [0.717, 1.165) is 5.92 Å². The molecule has 2 nitrogen and oxygen atoms in total. The summed E-state index contributed by atoms with van der Waals surface area (Å²) in [6.45, 7) is 3.55. The third-order valence-electron chi connectivity index (χ3n) is 4.61. The summed E-state index contributed by atoms with van der Waals surface area (Å²) in [6, 6.07) is 11.8. The summed E-state index contributed by atoms with van der Waals surface area (Å²) in [7, 11) is 4.37. The number of hydrogen-bond acceptors (Lipinski definition) is 2. The zero-order valence-corrected chi connectivity index (χ0v) is 12.6. The van der Waals surface area contributed by atoms with Crippen molar-refractivity contribution in [2.24, 2.45) is 5.92 Å². The Labute approximate surface area is 118 Å². The molecule has 0 saturated heterocycles. The van der Waals surface area contributed by atoms with Crippen LogP contribution >= 0.6 is 0 Å². The van der Waals surface area contributed by atoms with Gasteiger partial charge in [0.2, 0.25) is 0 Å². The van der Waals surface area contributed by atoms with Crippen molar-refractivity contribution in [1.82, 2.24) is 10.2 Å². The van der Waals surface area contributed by atoms with Crippen molar-refractivity contribution < 1.29 is 0 Å². The molecule has 2 unspecified atom stereocenters. The van der Waals surface area contributed by atoms with Gasteiger partial charge in [0.15, 0.2) is 0 Å². The topological polar surface area (TPSA) is 15.3 Å². The van der Waals surface area contributed by atoms with E-state index in [0.29, 0.717) is 12.1 Å².